The Hall–Kier alpha value is -0.870. The zero-order valence-corrected chi connectivity index (χ0v) is 21.8. The normalized spacial score (nSPS) is 20.3. The maximum atomic E-state index is 12.3. The number of guanidine groups is 1. The van der Waals surface area contributed by atoms with Gasteiger partial charge in [0.25, 0.3) is 0 Å². The van der Waals surface area contributed by atoms with E-state index in [-0.39, 0.29) is 47.0 Å². The first-order valence-electron chi connectivity index (χ1n) is 10.5. The number of rotatable bonds is 8. The second-order valence-corrected chi connectivity index (χ2v) is 11.1. The standard InChI is InChI=1S/C22H37N3O3S.HI/c1-22(2,3)20-19(12-8-14-28-20)16-25-21(23-4)24-13-9-15-29(26,27)17-18-10-6-5-7-11-18;/h5-7,10-11,19-20H,8-9,12-17H2,1-4H3,(H2,23,24,25);1H. The van der Waals surface area contributed by atoms with E-state index >= 15 is 0 Å². The summed E-state index contributed by atoms with van der Waals surface area (Å²) in [5, 5.41) is 6.62. The van der Waals surface area contributed by atoms with Crippen LogP contribution < -0.4 is 10.6 Å². The smallest absolute Gasteiger partial charge is 0.190 e. The van der Waals surface area contributed by atoms with Crippen LogP contribution >= 0.6 is 24.0 Å². The molecule has 0 spiro atoms. The van der Waals surface area contributed by atoms with Crippen molar-refractivity contribution in [2.75, 3.05) is 32.5 Å². The molecule has 30 heavy (non-hydrogen) atoms. The molecule has 172 valence electrons. The zero-order valence-electron chi connectivity index (χ0n) is 18.7. The van der Waals surface area contributed by atoms with Crippen molar-refractivity contribution in [3.05, 3.63) is 35.9 Å². The number of halogens is 1. The van der Waals surface area contributed by atoms with Crippen molar-refractivity contribution in [3.63, 3.8) is 0 Å². The SMILES string of the molecule is CN=C(NCCCS(=O)(=O)Cc1ccccc1)NCC1CCCOC1C(C)(C)C.I. The highest BCUT2D eigenvalue weighted by Crippen LogP contribution is 2.33. The molecule has 2 atom stereocenters. The molecule has 0 amide bonds. The van der Waals surface area contributed by atoms with Gasteiger partial charge in [-0.25, -0.2) is 8.42 Å². The summed E-state index contributed by atoms with van der Waals surface area (Å²) in [6, 6.07) is 9.32. The summed E-state index contributed by atoms with van der Waals surface area (Å²) in [4.78, 5) is 4.27. The predicted octanol–water partition coefficient (Wildman–Crippen LogP) is 3.62. The predicted molar refractivity (Wildman–Crippen MR) is 135 cm³/mol. The van der Waals surface area contributed by atoms with Crippen LogP contribution in [0, 0.1) is 11.3 Å². The molecule has 0 radical (unpaired) electrons. The highest BCUT2D eigenvalue weighted by molar-refractivity contribution is 14.0. The van der Waals surface area contributed by atoms with Crippen LogP contribution in [0.4, 0.5) is 0 Å². The number of aliphatic imine (C=N–C) groups is 1. The third-order valence-corrected chi connectivity index (χ3v) is 6.89. The number of ether oxygens (including phenoxy) is 1. The lowest BCUT2D eigenvalue weighted by Crippen LogP contribution is -2.47. The Morgan fingerprint density at radius 3 is 2.53 bits per heavy atom. The Balaban J connectivity index is 0.00000450. The molecule has 1 aliphatic heterocycles. The van der Waals surface area contributed by atoms with Crippen LogP contribution in [-0.4, -0.2) is 53.0 Å². The van der Waals surface area contributed by atoms with E-state index in [0.717, 1.165) is 31.6 Å². The fourth-order valence-corrected chi connectivity index (χ4v) is 5.29. The Morgan fingerprint density at radius 1 is 1.20 bits per heavy atom. The Bertz CT molecular complexity index is 749. The summed E-state index contributed by atoms with van der Waals surface area (Å²) in [6.45, 7) is 8.87. The minimum atomic E-state index is -3.11. The molecular weight excluding hydrogens is 513 g/mol. The molecule has 1 aliphatic rings. The van der Waals surface area contributed by atoms with Crippen LogP contribution in [0.2, 0.25) is 0 Å². The summed E-state index contributed by atoms with van der Waals surface area (Å²) in [7, 11) is -1.37. The fourth-order valence-electron chi connectivity index (χ4n) is 3.86. The van der Waals surface area contributed by atoms with E-state index in [4.69, 9.17) is 4.74 Å². The first-order valence-corrected chi connectivity index (χ1v) is 12.3. The third-order valence-electron chi connectivity index (χ3n) is 5.21. The van der Waals surface area contributed by atoms with Gasteiger partial charge in [-0.1, -0.05) is 51.1 Å². The Morgan fingerprint density at radius 2 is 1.90 bits per heavy atom. The second-order valence-electron chi connectivity index (χ2n) is 8.87. The summed E-state index contributed by atoms with van der Waals surface area (Å²) in [6.07, 6.45) is 3.01. The van der Waals surface area contributed by atoms with Crippen molar-refractivity contribution in [2.24, 2.45) is 16.3 Å². The van der Waals surface area contributed by atoms with Crippen molar-refractivity contribution >= 4 is 39.8 Å². The maximum Gasteiger partial charge on any atom is 0.190 e. The summed E-state index contributed by atoms with van der Waals surface area (Å²) in [5.41, 5.74) is 0.942. The quantitative estimate of drug-likeness (QED) is 0.223. The summed E-state index contributed by atoms with van der Waals surface area (Å²) in [5.74, 6) is 1.41. The molecule has 1 fully saturated rings. The molecule has 2 N–H and O–H groups in total. The largest absolute Gasteiger partial charge is 0.377 e. The number of hydrogen-bond donors (Lipinski definition) is 2. The molecule has 6 nitrogen and oxygen atoms in total. The summed E-state index contributed by atoms with van der Waals surface area (Å²) >= 11 is 0. The van der Waals surface area contributed by atoms with Gasteiger partial charge < -0.3 is 15.4 Å². The number of nitrogens with zero attached hydrogens (tertiary/aromatic N) is 1. The van der Waals surface area contributed by atoms with Crippen LogP contribution in [-0.2, 0) is 20.3 Å². The van der Waals surface area contributed by atoms with E-state index in [9.17, 15) is 8.42 Å². The van der Waals surface area contributed by atoms with Gasteiger partial charge in [-0.15, -0.1) is 24.0 Å². The van der Waals surface area contributed by atoms with E-state index < -0.39 is 9.84 Å². The fraction of sp³-hybridized carbons (Fsp3) is 0.682. The van der Waals surface area contributed by atoms with E-state index in [1.807, 2.05) is 30.3 Å². The Labute approximate surface area is 199 Å². The van der Waals surface area contributed by atoms with Gasteiger partial charge in [-0.3, -0.25) is 4.99 Å². The van der Waals surface area contributed by atoms with Crippen molar-refractivity contribution in [3.8, 4) is 0 Å². The van der Waals surface area contributed by atoms with E-state index in [2.05, 4.69) is 36.4 Å². The minimum Gasteiger partial charge on any atom is -0.377 e. The summed E-state index contributed by atoms with van der Waals surface area (Å²) < 4.78 is 30.6. The molecule has 0 aliphatic carbocycles. The number of nitrogens with one attached hydrogen (secondary N) is 2. The van der Waals surface area contributed by atoms with Crippen molar-refractivity contribution < 1.29 is 13.2 Å². The van der Waals surface area contributed by atoms with E-state index in [0.29, 0.717) is 24.8 Å². The average Bonchev–Trinajstić information content (AvgIpc) is 2.67. The zero-order chi connectivity index (χ0) is 21.3. The first kappa shape index (κ1) is 27.2. The van der Waals surface area contributed by atoms with Crippen molar-refractivity contribution in [1.29, 1.82) is 0 Å². The van der Waals surface area contributed by atoms with Gasteiger partial charge in [0, 0.05) is 32.7 Å². The van der Waals surface area contributed by atoms with Crippen molar-refractivity contribution in [1.82, 2.24) is 10.6 Å². The molecule has 1 heterocycles. The molecule has 2 unspecified atom stereocenters. The molecule has 2 rings (SSSR count). The van der Waals surface area contributed by atoms with E-state index in [1.165, 1.54) is 0 Å². The molecule has 0 bridgehead atoms. The lowest BCUT2D eigenvalue weighted by molar-refractivity contribution is -0.0835. The molecule has 1 saturated heterocycles. The highest BCUT2D eigenvalue weighted by atomic mass is 127. The van der Waals surface area contributed by atoms with Crippen LogP contribution in [0.25, 0.3) is 0 Å². The molecule has 1 aromatic rings. The van der Waals surface area contributed by atoms with Gasteiger partial charge >= 0.3 is 0 Å². The molecule has 1 aromatic carbocycles. The van der Waals surface area contributed by atoms with Crippen LogP contribution in [0.5, 0.6) is 0 Å². The van der Waals surface area contributed by atoms with Gasteiger partial charge in [0.05, 0.1) is 17.6 Å². The number of sulfone groups is 1. The van der Waals surface area contributed by atoms with Crippen LogP contribution in [0.3, 0.4) is 0 Å². The topological polar surface area (TPSA) is 79.8 Å². The highest BCUT2D eigenvalue weighted by Gasteiger charge is 2.35. The molecule has 8 heteroatoms. The lowest BCUT2D eigenvalue weighted by atomic mass is 9.78. The maximum absolute atomic E-state index is 12.3. The van der Waals surface area contributed by atoms with Crippen molar-refractivity contribution in [2.45, 2.75) is 51.9 Å². The minimum absolute atomic E-state index is 0. The van der Waals surface area contributed by atoms with Gasteiger partial charge in [0.15, 0.2) is 15.8 Å². The molecule has 0 saturated carbocycles. The van der Waals surface area contributed by atoms with Crippen LogP contribution in [0.15, 0.2) is 35.3 Å². The third kappa shape index (κ3) is 9.51. The van der Waals surface area contributed by atoms with Gasteiger partial charge in [-0.05, 0) is 30.2 Å². The second kappa shape index (κ2) is 12.9. The van der Waals surface area contributed by atoms with Gasteiger partial charge in [0.2, 0.25) is 0 Å². The van der Waals surface area contributed by atoms with Crippen LogP contribution in [0.1, 0.15) is 45.6 Å². The monoisotopic (exact) mass is 551 g/mol. The Kier molecular flexibility index (Phi) is 11.6. The first-order chi connectivity index (χ1) is 13.7. The van der Waals surface area contributed by atoms with E-state index in [1.54, 1.807) is 7.05 Å². The molecule has 0 aromatic heterocycles. The van der Waals surface area contributed by atoms with Gasteiger partial charge in [0.1, 0.15) is 0 Å². The number of hydrogen-bond acceptors (Lipinski definition) is 4. The lowest BCUT2D eigenvalue weighted by Gasteiger charge is -2.40. The average molecular weight is 552 g/mol. The number of benzene rings is 1. The molecular formula is C22H38IN3O3S. The van der Waals surface area contributed by atoms with Gasteiger partial charge in [-0.2, -0.15) is 0 Å².